The van der Waals surface area contributed by atoms with Crippen LogP contribution >= 0.6 is 0 Å². The second kappa shape index (κ2) is 4.05. The van der Waals surface area contributed by atoms with Crippen molar-refractivity contribution < 1.29 is 9.18 Å². The molecule has 0 fully saturated rings. The Bertz CT molecular complexity index is 202. The first kappa shape index (κ1) is 10.9. The summed E-state index contributed by atoms with van der Waals surface area (Å²) in [6, 6.07) is 1.93. The van der Waals surface area contributed by atoms with E-state index in [-0.39, 0.29) is 12.5 Å². The van der Waals surface area contributed by atoms with Gasteiger partial charge in [-0.25, -0.2) is 4.39 Å². The van der Waals surface area contributed by atoms with E-state index in [9.17, 15) is 9.18 Å². The molecule has 0 spiro atoms. The monoisotopic (exact) mass is 172 g/mol. The van der Waals surface area contributed by atoms with Gasteiger partial charge in [-0.2, -0.15) is 5.26 Å². The van der Waals surface area contributed by atoms with Gasteiger partial charge in [-0.15, -0.1) is 0 Å². The number of alkyl halides is 1. The molecule has 0 saturated carbocycles. The third-order valence-electron chi connectivity index (χ3n) is 1.33. The normalized spacial score (nSPS) is 13.2. The Kier molecular flexibility index (Phi) is 3.68. The lowest BCUT2D eigenvalue weighted by Gasteiger charge is -2.14. The Hall–Kier alpha value is -1.11. The van der Waals surface area contributed by atoms with E-state index in [4.69, 9.17) is 5.26 Å². The predicted octanol–water partition coefficient (Wildman–Crippen LogP) is 1.01. The van der Waals surface area contributed by atoms with Gasteiger partial charge >= 0.3 is 0 Å². The Morgan fingerprint density at radius 3 is 2.58 bits per heavy atom. The average molecular weight is 172 g/mol. The number of nitrogens with one attached hydrogen (secondary N) is 1. The number of halogens is 1. The van der Waals surface area contributed by atoms with Crippen LogP contribution in [0.25, 0.3) is 0 Å². The minimum absolute atomic E-state index is 0.197. The summed E-state index contributed by atoms with van der Waals surface area (Å²) < 4.78 is 12.8. The summed E-state index contributed by atoms with van der Waals surface area (Å²) >= 11 is 0. The summed E-state index contributed by atoms with van der Waals surface area (Å²) in [6.07, 6.45) is 0. The van der Waals surface area contributed by atoms with Crippen molar-refractivity contribution in [3.8, 4) is 6.07 Å². The molecule has 0 aromatic heterocycles. The van der Waals surface area contributed by atoms with E-state index in [1.807, 2.05) is 6.07 Å². The lowest BCUT2D eigenvalue weighted by Crippen LogP contribution is -2.40. The highest BCUT2D eigenvalue weighted by atomic mass is 19.1. The number of nitriles is 1. The number of nitrogens with zero attached hydrogens (tertiary/aromatic N) is 1. The van der Waals surface area contributed by atoms with Crippen LogP contribution in [0.5, 0.6) is 0 Å². The van der Waals surface area contributed by atoms with Gasteiger partial charge in [0.25, 0.3) is 5.91 Å². The summed E-state index contributed by atoms with van der Waals surface area (Å²) in [5.74, 6) is -0.958. The Morgan fingerprint density at radius 2 is 2.25 bits per heavy atom. The maximum atomic E-state index is 12.8. The molecule has 0 aliphatic rings. The van der Waals surface area contributed by atoms with Crippen LogP contribution in [0.2, 0.25) is 0 Å². The lowest BCUT2D eigenvalue weighted by molar-refractivity contribution is -0.130. The Morgan fingerprint density at radius 1 is 1.75 bits per heavy atom. The second-order valence-electron chi connectivity index (χ2n) is 3.21. The third-order valence-corrected chi connectivity index (χ3v) is 1.33. The minimum Gasteiger partial charge on any atom is -0.352 e. The van der Waals surface area contributed by atoms with E-state index in [2.05, 4.69) is 5.32 Å². The molecule has 0 heterocycles. The summed E-state index contributed by atoms with van der Waals surface area (Å²) in [5.41, 5.74) is -1.87. The van der Waals surface area contributed by atoms with Gasteiger partial charge in [0.2, 0.25) is 0 Å². The topological polar surface area (TPSA) is 52.9 Å². The Labute approximate surface area is 71.6 Å². The van der Waals surface area contributed by atoms with Crippen molar-refractivity contribution in [1.82, 2.24) is 5.32 Å². The SMILES string of the molecule is CC(C#N)CNC(=O)C(C)(C)F. The highest BCUT2D eigenvalue weighted by Crippen LogP contribution is 2.07. The molecule has 1 N–H and O–H groups in total. The fraction of sp³-hybridized carbons (Fsp3) is 0.750. The van der Waals surface area contributed by atoms with E-state index in [1.165, 1.54) is 13.8 Å². The molecule has 1 amide bonds. The number of carbonyl (C=O) groups excluding carboxylic acids is 1. The van der Waals surface area contributed by atoms with Crippen LogP contribution in [-0.2, 0) is 4.79 Å². The molecule has 0 bridgehead atoms. The van der Waals surface area contributed by atoms with Crippen molar-refractivity contribution in [2.45, 2.75) is 26.4 Å². The maximum absolute atomic E-state index is 12.8. The van der Waals surface area contributed by atoms with Gasteiger partial charge in [-0.05, 0) is 20.8 Å². The van der Waals surface area contributed by atoms with Crippen molar-refractivity contribution in [1.29, 1.82) is 5.26 Å². The number of rotatable bonds is 3. The van der Waals surface area contributed by atoms with Crippen LogP contribution in [0, 0.1) is 17.2 Å². The first-order valence-electron chi connectivity index (χ1n) is 3.74. The predicted molar refractivity (Wildman–Crippen MR) is 43.0 cm³/mol. The highest BCUT2D eigenvalue weighted by molar-refractivity contribution is 5.84. The van der Waals surface area contributed by atoms with Crippen LogP contribution in [0.4, 0.5) is 4.39 Å². The molecular weight excluding hydrogens is 159 g/mol. The third kappa shape index (κ3) is 3.91. The molecule has 12 heavy (non-hydrogen) atoms. The van der Waals surface area contributed by atoms with Crippen molar-refractivity contribution >= 4 is 5.91 Å². The number of hydrogen-bond acceptors (Lipinski definition) is 2. The summed E-state index contributed by atoms with van der Waals surface area (Å²) in [4.78, 5) is 10.9. The van der Waals surface area contributed by atoms with Crippen LogP contribution in [0.1, 0.15) is 20.8 Å². The summed E-state index contributed by atoms with van der Waals surface area (Å²) in [7, 11) is 0. The second-order valence-corrected chi connectivity index (χ2v) is 3.21. The van der Waals surface area contributed by atoms with Crippen molar-refractivity contribution in [3.05, 3.63) is 0 Å². The van der Waals surface area contributed by atoms with Gasteiger partial charge < -0.3 is 5.32 Å². The molecule has 4 heteroatoms. The number of hydrogen-bond donors (Lipinski definition) is 1. The summed E-state index contributed by atoms with van der Waals surface area (Å²) in [6.45, 7) is 4.22. The van der Waals surface area contributed by atoms with Gasteiger partial charge in [-0.3, -0.25) is 4.79 Å². The van der Waals surface area contributed by atoms with Gasteiger partial charge in [0.1, 0.15) is 0 Å². The van der Waals surface area contributed by atoms with Gasteiger partial charge in [0.05, 0.1) is 12.0 Å². The van der Waals surface area contributed by atoms with Crippen LogP contribution in [0.15, 0.2) is 0 Å². The molecule has 0 rings (SSSR count). The smallest absolute Gasteiger partial charge is 0.257 e. The van der Waals surface area contributed by atoms with Gasteiger partial charge in [-0.1, -0.05) is 0 Å². The van der Waals surface area contributed by atoms with E-state index < -0.39 is 11.6 Å². The van der Waals surface area contributed by atoms with Gasteiger partial charge in [0, 0.05) is 6.54 Å². The zero-order valence-corrected chi connectivity index (χ0v) is 7.52. The zero-order chi connectivity index (χ0) is 9.78. The standard InChI is InChI=1S/C8H13FN2O/c1-6(4-10)5-11-7(12)8(2,3)9/h6H,5H2,1-3H3,(H,11,12). The van der Waals surface area contributed by atoms with Crippen molar-refractivity contribution in [3.63, 3.8) is 0 Å². The molecule has 0 aliphatic carbocycles. The molecular formula is C8H13FN2O. The minimum atomic E-state index is -1.87. The molecule has 0 aromatic carbocycles. The molecule has 0 aromatic rings. The molecule has 1 unspecified atom stereocenters. The zero-order valence-electron chi connectivity index (χ0n) is 7.52. The van der Waals surface area contributed by atoms with Crippen LogP contribution in [-0.4, -0.2) is 18.1 Å². The fourth-order valence-electron chi connectivity index (χ4n) is 0.502. The van der Waals surface area contributed by atoms with E-state index >= 15 is 0 Å². The van der Waals surface area contributed by atoms with E-state index in [1.54, 1.807) is 6.92 Å². The first-order chi connectivity index (χ1) is 5.38. The molecule has 0 saturated heterocycles. The molecule has 1 atom stereocenters. The average Bonchev–Trinajstić information content (AvgIpc) is 1.97. The van der Waals surface area contributed by atoms with E-state index in [0.29, 0.717) is 0 Å². The maximum Gasteiger partial charge on any atom is 0.257 e. The fourth-order valence-corrected chi connectivity index (χ4v) is 0.502. The molecule has 68 valence electrons. The quantitative estimate of drug-likeness (QED) is 0.690. The van der Waals surface area contributed by atoms with Crippen LogP contribution < -0.4 is 5.32 Å². The Balaban J connectivity index is 3.82. The van der Waals surface area contributed by atoms with Crippen molar-refractivity contribution in [2.75, 3.05) is 6.54 Å². The van der Waals surface area contributed by atoms with E-state index in [0.717, 1.165) is 0 Å². The molecule has 0 radical (unpaired) electrons. The van der Waals surface area contributed by atoms with Gasteiger partial charge in [0.15, 0.2) is 5.67 Å². The lowest BCUT2D eigenvalue weighted by atomic mass is 10.1. The molecule has 3 nitrogen and oxygen atoms in total. The number of carbonyl (C=O) groups is 1. The first-order valence-corrected chi connectivity index (χ1v) is 3.74. The molecule has 0 aliphatic heterocycles. The van der Waals surface area contributed by atoms with Crippen LogP contribution in [0.3, 0.4) is 0 Å². The number of amides is 1. The largest absolute Gasteiger partial charge is 0.352 e. The highest BCUT2D eigenvalue weighted by Gasteiger charge is 2.26. The summed E-state index contributed by atoms with van der Waals surface area (Å²) in [5, 5.41) is 10.7. The van der Waals surface area contributed by atoms with Crippen molar-refractivity contribution in [2.24, 2.45) is 5.92 Å².